The molecule has 25 heavy (non-hydrogen) atoms. The number of carbonyl (C=O) groups is 2. The van der Waals surface area contributed by atoms with E-state index in [1.165, 1.54) is 0 Å². The monoisotopic (exact) mass is 337 g/mol. The molecule has 0 atom stereocenters. The summed E-state index contributed by atoms with van der Waals surface area (Å²) in [6.45, 7) is 0. The summed E-state index contributed by atoms with van der Waals surface area (Å²) in [7, 11) is 0. The van der Waals surface area contributed by atoms with Crippen LogP contribution in [-0.4, -0.2) is 16.9 Å². The number of fused-ring (bicyclic) bond motifs is 1. The molecule has 0 bridgehead atoms. The highest BCUT2D eigenvalue weighted by Gasteiger charge is 2.14. The van der Waals surface area contributed by atoms with Crippen LogP contribution in [0.5, 0.6) is 11.6 Å². The predicted molar refractivity (Wildman–Crippen MR) is 90.8 cm³/mol. The molecule has 0 saturated heterocycles. The molecule has 126 valence electrons. The number of nitrogens with zero attached hydrogens (tertiary/aromatic N) is 1. The van der Waals surface area contributed by atoms with Gasteiger partial charge in [-0.25, -0.2) is 4.98 Å². The highest BCUT2D eigenvalue weighted by Crippen LogP contribution is 2.27. The zero-order valence-electron chi connectivity index (χ0n) is 13.1. The lowest BCUT2D eigenvalue weighted by Gasteiger charge is -2.10. The van der Waals surface area contributed by atoms with E-state index in [1.807, 2.05) is 24.3 Å². The fraction of sp³-hybridized carbons (Fsp3) is 0.0556. The van der Waals surface area contributed by atoms with Gasteiger partial charge in [0, 0.05) is 5.39 Å². The van der Waals surface area contributed by atoms with Gasteiger partial charge < -0.3 is 15.3 Å². The number of nitrogens with two attached hydrogens (primary N) is 2. The Hall–Kier alpha value is -3.45. The Morgan fingerprint density at radius 3 is 2.44 bits per heavy atom. The van der Waals surface area contributed by atoms with Crippen LogP contribution in [0.1, 0.15) is 15.9 Å². The Bertz CT molecular complexity index is 939. The van der Waals surface area contributed by atoms with Crippen LogP contribution in [0, 0.1) is 0 Å². The molecule has 7 heteroatoms. The van der Waals surface area contributed by atoms with Gasteiger partial charge >= 0.3 is 5.97 Å². The SMILES string of the molecule is NOC(=O)Cc1ccc(Oc2nc3ccccc3cc2C(N)=O)cc1. The summed E-state index contributed by atoms with van der Waals surface area (Å²) >= 11 is 0. The van der Waals surface area contributed by atoms with Gasteiger partial charge in [0.05, 0.1) is 11.9 Å². The normalized spacial score (nSPS) is 10.4. The van der Waals surface area contributed by atoms with Crippen LogP contribution in [0.2, 0.25) is 0 Å². The number of pyridine rings is 1. The smallest absolute Gasteiger partial charge is 0.328 e. The van der Waals surface area contributed by atoms with E-state index in [0.717, 1.165) is 5.39 Å². The summed E-state index contributed by atoms with van der Waals surface area (Å²) in [5.41, 5.74) is 7.02. The highest BCUT2D eigenvalue weighted by atomic mass is 16.7. The number of primary amides is 1. The lowest BCUT2D eigenvalue weighted by molar-refractivity contribution is -0.143. The molecule has 0 radical (unpaired) electrons. The summed E-state index contributed by atoms with van der Waals surface area (Å²) in [5, 5.41) is 0.791. The van der Waals surface area contributed by atoms with Gasteiger partial charge in [-0.05, 0) is 29.8 Å². The van der Waals surface area contributed by atoms with Crippen LogP contribution in [0.3, 0.4) is 0 Å². The van der Waals surface area contributed by atoms with Crippen LogP contribution in [0.4, 0.5) is 0 Å². The number of aromatic nitrogens is 1. The second kappa shape index (κ2) is 6.98. The van der Waals surface area contributed by atoms with E-state index in [4.69, 9.17) is 16.4 Å². The molecule has 0 spiro atoms. The molecule has 2 aromatic carbocycles. The van der Waals surface area contributed by atoms with Crippen molar-refractivity contribution in [1.29, 1.82) is 0 Å². The maximum absolute atomic E-state index is 11.7. The van der Waals surface area contributed by atoms with Crippen molar-refractivity contribution in [3.8, 4) is 11.6 Å². The topological polar surface area (TPSA) is 118 Å². The summed E-state index contributed by atoms with van der Waals surface area (Å²) in [5.74, 6) is 4.23. The van der Waals surface area contributed by atoms with Crippen molar-refractivity contribution >= 4 is 22.8 Å². The second-order valence-corrected chi connectivity index (χ2v) is 5.31. The Labute approximate surface area is 143 Å². The number of rotatable bonds is 5. The lowest BCUT2D eigenvalue weighted by atomic mass is 10.1. The average Bonchev–Trinajstić information content (AvgIpc) is 2.62. The minimum absolute atomic E-state index is 0.0531. The summed E-state index contributed by atoms with van der Waals surface area (Å²) in [6.07, 6.45) is 0.0531. The first-order valence-electron chi connectivity index (χ1n) is 7.43. The van der Waals surface area contributed by atoms with E-state index < -0.39 is 11.9 Å². The molecule has 0 aliphatic rings. The lowest BCUT2D eigenvalue weighted by Crippen LogP contribution is -2.13. The van der Waals surface area contributed by atoms with E-state index >= 15 is 0 Å². The fourth-order valence-electron chi connectivity index (χ4n) is 2.35. The van der Waals surface area contributed by atoms with E-state index in [0.29, 0.717) is 16.8 Å². The quantitative estimate of drug-likeness (QED) is 0.688. The maximum Gasteiger partial charge on any atom is 0.328 e. The van der Waals surface area contributed by atoms with E-state index in [9.17, 15) is 9.59 Å². The van der Waals surface area contributed by atoms with Gasteiger partial charge in [-0.2, -0.15) is 5.90 Å². The number of amides is 1. The van der Waals surface area contributed by atoms with Crippen LogP contribution in [0.25, 0.3) is 10.9 Å². The molecule has 3 aromatic rings. The molecule has 0 aliphatic heterocycles. The number of hydrogen-bond acceptors (Lipinski definition) is 6. The van der Waals surface area contributed by atoms with Gasteiger partial charge in [-0.1, -0.05) is 30.3 Å². The predicted octanol–water partition coefficient (Wildman–Crippen LogP) is 2.09. The van der Waals surface area contributed by atoms with Crippen molar-refractivity contribution in [3.63, 3.8) is 0 Å². The number of benzene rings is 2. The third-order valence-corrected chi connectivity index (χ3v) is 3.57. The Balaban J connectivity index is 1.90. The maximum atomic E-state index is 11.7. The average molecular weight is 337 g/mol. The molecular formula is C18H15N3O4. The standard InChI is InChI=1S/C18H15N3O4/c19-17(23)14-10-12-3-1-2-4-15(12)21-18(14)24-13-7-5-11(6-8-13)9-16(22)25-20/h1-8,10H,9,20H2,(H2,19,23). The van der Waals surface area contributed by atoms with E-state index in [2.05, 4.69) is 9.82 Å². The van der Waals surface area contributed by atoms with Crippen molar-refractivity contribution in [3.05, 3.63) is 65.7 Å². The Morgan fingerprint density at radius 1 is 1.04 bits per heavy atom. The second-order valence-electron chi connectivity index (χ2n) is 5.31. The fourth-order valence-corrected chi connectivity index (χ4v) is 2.35. The van der Waals surface area contributed by atoms with Crippen LogP contribution >= 0.6 is 0 Å². The summed E-state index contributed by atoms with van der Waals surface area (Å²) in [6, 6.07) is 15.7. The minimum atomic E-state index is -0.629. The van der Waals surface area contributed by atoms with Crippen molar-refractivity contribution in [1.82, 2.24) is 4.98 Å². The molecule has 7 nitrogen and oxygen atoms in total. The van der Waals surface area contributed by atoms with Crippen LogP contribution < -0.4 is 16.4 Å². The third kappa shape index (κ3) is 3.73. The first-order valence-corrected chi connectivity index (χ1v) is 7.43. The van der Waals surface area contributed by atoms with Gasteiger partial charge in [-0.15, -0.1) is 0 Å². The molecule has 3 rings (SSSR count). The molecule has 0 aliphatic carbocycles. The van der Waals surface area contributed by atoms with Crippen LogP contribution in [-0.2, 0) is 16.1 Å². The summed E-state index contributed by atoms with van der Waals surface area (Å²) in [4.78, 5) is 31.4. The van der Waals surface area contributed by atoms with Crippen molar-refractivity contribution < 1.29 is 19.2 Å². The molecule has 1 amide bonds. The number of hydrogen-bond donors (Lipinski definition) is 2. The van der Waals surface area contributed by atoms with E-state index in [-0.39, 0.29) is 17.9 Å². The Kier molecular flexibility index (Phi) is 4.58. The Morgan fingerprint density at radius 2 is 1.76 bits per heavy atom. The first kappa shape index (κ1) is 16.4. The molecule has 1 heterocycles. The van der Waals surface area contributed by atoms with Gasteiger partial charge in [-0.3, -0.25) is 9.59 Å². The molecule has 1 aromatic heterocycles. The molecule has 4 N–H and O–H groups in total. The van der Waals surface area contributed by atoms with Crippen molar-refractivity contribution in [2.45, 2.75) is 6.42 Å². The molecular weight excluding hydrogens is 322 g/mol. The van der Waals surface area contributed by atoms with Gasteiger partial charge in [0.15, 0.2) is 0 Å². The highest BCUT2D eigenvalue weighted by molar-refractivity contribution is 5.98. The van der Waals surface area contributed by atoms with Gasteiger partial charge in [0.1, 0.15) is 11.3 Å². The van der Waals surface area contributed by atoms with Crippen molar-refractivity contribution in [2.24, 2.45) is 11.6 Å². The first-order chi connectivity index (χ1) is 12.1. The van der Waals surface area contributed by atoms with Gasteiger partial charge in [0.25, 0.3) is 5.91 Å². The van der Waals surface area contributed by atoms with Crippen molar-refractivity contribution in [2.75, 3.05) is 0 Å². The minimum Gasteiger partial charge on any atom is -0.438 e. The number of ether oxygens (including phenoxy) is 1. The van der Waals surface area contributed by atoms with E-state index in [1.54, 1.807) is 30.3 Å². The number of para-hydroxylation sites is 1. The van der Waals surface area contributed by atoms with Crippen LogP contribution in [0.15, 0.2) is 54.6 Å². The summed E-state index contributed by atoms with van der Waals surface area (Å²) < 4.78 is 5.71. The molecule has 0 unspecified atom stereocenters. The van der Waals surface area contributed by atoms with Gasteiger partial charge in [0.2, 0.25) is 5.88 Å². The largest absolute Gasteiger partial charge is 0.438 e. The zero-order valence-corrected chi connectivity index (χ0v) is 13.1. The number of carbonyl (C=O) groups excluding carboxylic acids is 2. The third-order valence-electron chi connectivity index (χ3n) is 3.57. The zero-order chi connectivity index (χ0) is 17.8. The molecule has 0 saturated carbocycles. The molecule has 0 fully saturated rings.